The number of carbonyl (C=O) groups is 1. The minimum absolute atomic E-state index is 0.134. The summed E-state index contributed by atoms with van der Waals surface area (Å²) in [4.78, 5) is 19.1. The summed E-state index contributed by atoms with van der Waals surface area (Å²) in [5.41, 5.74) is 4.31. The van der Waals surface area contributed by atoms with Crippen molar-refractivity contribution in [2.75, 3.05) is 20.2 Å². The Bertz CT molecular complexity index is 555. The van der Waals surface area contributed by atoms with Crippen LogP contribution in [0, 0.1) is 0 Å². The molecule has 4 nitrogen and oxygen atoms in total. The standard InChI is InChI=1S/C16H20Cl2N2O2/c1-22-19-15(12-5-6-13(17)14(18)11-12)7-8-16(21)20-9-3-2-4-10-20/h5-7,11,19H,2-4,8-10H2,1H3. The van der Waals surface area contributed by atoms with Gasteiger partial charge in [-0.3, -0.25) is 15.1 Å². The Morgan fingerprint density at radius 3 is 2.64 bits per heavy atom. The topological polar surface area (TPSA) is 41.6 Å². The van der Waals surface area contributed by atoms with Gasteiger partial charge in [0.2, 0.25) is 5.91 Å². The zero-order chi connectivity index (χ0) is 15.9. The molecule has 0 saturated carbocycles. The first-order valence-corrected chi connectivity index (χ1v) is 8.09. The molecule has 1 aliphatic rings. The summed E-state index contributed by atoms with van der Waals surface area (Å²) in [7, 11) is 1.53. The molecule has 1 aromatic carbocycles. The minimum atomic E-state index is 0.134. The van der Waals surface area contributed by atoms with E-state index < -0.39 is 0 Å². The Morgan fingerprint density at radius 1 is 1.27 bits per heavy atom. The average Bonchev–Trinajstić information content (AvgIpc) is 2.54. The lowest BCUT2D eigenvalue weighted by Gasteiger charge is -2.26. The maximum Gasteiger partial charge on any atom is 0.226 e. The van der Waals surface area contributed by atoms with Crippen molar-refractivity contribution in [3.05, 3.63) is 39.9 Å². The van der Waals surface area contributed by atoms with Crippen molar-refractivity contribution in [2.45, 2.75) is 25.7 Å². The van der Waals surface area contributed by atoms with Crippen LogP contribution in [0.5, 0.6) is 0 Å². The first-order chi connectivity index (χ1) is 10.6. The van der Waals surface area contributed by atoms with E-state index in [1.807, 2.05) is 17.0 Å². The maximum absolute atomic E-state index is 12.2. The number of hydroxylamine groups is 1. The molecule has 1 amide bonds. The molecule has 2 rings (SSSR count). The number of carbonyl (C=O) groups excluding carboxylic acids is 1. The van der Waals surface area contributed by atoms with Crippen molar-refractivity contribution in [3.8, 4) is 0 Å². The summed E-state index contributed by atoms with van der Waals surface area (Å²) in [6.07, 6.45) is 5.53. The van der Waals surface area contributed by atoms with Gasteiger partial charge in [-0.25, -0.2) is 0 Å². The highest BCUT2D eigenvalue weighted by Crippen LogP contribution is 2.25. The normalized spacial score (nSPS) is 15.8. The third kappa shape index (κ3) is 4.63. The molecule has 0 atom stereocenters. The molecule has 0 unspecified atom stereocenters. The highest BCUT2D eigenvalue weighted by atomic mass is 35.5. The first-order valence-electron chi connectivity index (χ1n) is 7.34. The predicted octanol–water partition coefficient (Wildman–Crippen LogP) is 3.89. The Balaban J connectivity index is 2.08. The van der Waals surface area contributed by atoms with Crippen LogP contribution in [0.25, 0.3) is 5.70 Å². The van der Waals surface area contributed by atoms with Gasteiger partial charge in [0, 0.05) is 25.1 Å². The number of benzene rings is 1. The number of likely N-dealkylation sites (tertiary alicyclic amines) is 1. The molecule has 1 aromatic rings. The molecule has 1 N–H and O–H groups in total. The van der Waals surface area contributed by atoms with Crippen molar-refractivity contribution in [1.82, 2.24) is 10.4 Å². The maximum atomic E-state index is 12.2. The van der Waals surface area contributed by atoms with E-state index in [2.05, 4.69) is 5.48 Å². The third-order valence-electron chi connectivity index (χ3n) is 3.63. The van der Waals surface area contributed by atoms with Gasteiger partial charge in [-0.1, -0.05) is 29.3 Å². The van der Waals surface area contributed by atoms with E-state index in [4.69, 9.17) is 28.0 Å². The Labute approximate surface area is 141 Å². The summed E-state index contributed by atoms with van der Waals surface area (Å²) >= 11 is 12.0. The van der Waals surface area contributed by atoms with Gasteiger partial charge in [0.15, 0.2) is 0 Å². The zero-order valence-corrected chi connectivity index (χ0v) is 14.1. The number of rotatable bonds is 5. The molecular weight excluding hydrogens is 323 g/mol. The number of halogens is 2. The Hall–Kier alpha value is -1.23. The van der Waals surface area contributed by atoms with Crippen LogP contribution >= 0.6 is 23.2 Å². The summed E-state index contributed by atoms with van der Waals surface area (Å²) in [6, 6.07) is 5.29. The zero-order valence-electron chi connectivity index (χ0n) is 12.6. The van der Waals surface area contributed by atoms with E-state index in [0.717, 1.165) is 31.5 Å². The number of hydrogen-bond donors (Lipinski definition) is 1. The van der Waals surface area contributed by atoms with Gasteiger partial charge < -0.3 is 4.90 Å². The van der Waals surface area contributed by atoms with Crippen molar-refractivity contribution < 1.29 is 9.63 Å². The molecule has 1 heterocycles. The second kappa shape index (κ2) is 8.42. The molecule has 1 fully saturated rings. The van der Waals surface area contributed by atoms with E-state index in [1.165, 1.54) is 13.5 Å². The fourth-order valence-electron chi connectivity index (χ4n) is 2.45. The quantitative estimate of drug-likeness (QED) is 0.825. The highest BCUT2D eigenvalue weighted by molar-refractivity contribution is 6.42. The molecule has 0 radical (unpaired) electrons. The number of hydrogen-bond acceptors (Lipinski definition) is 3. The van der Waals surface area contributed by atoms with Gasteiger partial charge in [-0.2, -0.15) is 0 Å². The van der Waals surface area contributed by atoms with Gasteiger partial charge in [-0.05, 0) is 37.5 Å². The van der Waals surface area contributed by atoms with Crippen LogP contribution in [-0.4, -0.2) is 31.0 Å². The van der Waals surface area contributed by atoms with E-state index in [9.17, 15) is 4.79 Å². The van der Waals surface area contributed by atoms with E-state index in [-0.39, 0.29) is 5.91 Å². The van der Waals surface area contributed by atoms with E-state index in [0.29, 0.717) is 22.2 Å². The molecule has 120 valence electrons. The fraction of sp³-hybridized carbons (Fsp3) is 0.438. The average molecular weight is 343 g/mol. The number of amides is 1. The predicted molar refractivity (Wildman–Crippen MR) is 89.6 cm³/mol. The largest absolute Gasteiger partial charge is 0.342 e. The van der Waals surface area contributed by atoms with Crippen molar-refractivity contribution >= 4 is 34.8 Å². The molecule has 0 aromatic heterocycles. The lowest BCUT2D eigenvalue weighted by Crippen LogP contribution is -2.35. The van der Waals surface area contributed by atoms with Crippen LogP contribution in [0.1, 0.15) is 31.2 Å². The fourth-order valence-corrected chi connectivity index (χ4v) is 2.75. The molecule has 1 aliphatic heterocycles. The summed E-state index contributed by atoms with van der Waals surface area (Å²) in [5.74, 6) is 0.134. The molecule has 6 heteroatoms. The van der Waals surface area contributed by atoms with Gasteiger partial charge >= 0.3 is 0 Å². The summed E-state index contributed by atoms with van der Waals surface area (Å²) in [5, 5.41) is 0.955. The second-order valence-corrected chi connectivity index (χ2v) is 6.01. The number of nitrogens with zero attached hydrogens (tertiary/aromatic N) is 1. The molecule has 0 aliphatic carbocycles. The van der Waals surface area contributed by atoms with Crippen LogP contribution in [0.2, 0.25) is 10.0 Å². The molecule has 1 saturated heterocycles. The van der Waals surface area contributed by atoms with Gasteiger partial charge in [0.25, 0.3) is 0 Å². The van der Waals surface area contributed by atoms with Crippen LogP contribution < -0.4 is 5.48 Å². The molecule has 22 heavy (non-hydrogen) atoms. The first kappa shape index (κ1) is 17.1. The minimum Gasteiger partial charge on any atom is -0.342 e. The Kier molecular flexibility index (Phi) is 6.55. The summed E-state index contributed by atoms with van der Waals surface area (Å²) < 4.78 is 0. The van der Waals surface area contributed by atoms with E-state index >= 15 is 0 Å². The van der Waals surface area contributed by atoms with Gasteiger partial charge in [-0.15, -0.1) is 0 Å². The van der Waals surface area contributed by atoms with Crippen molar-refractivity contribution in [2.24, 2.45) is 0 Å². The lowest BCUT2D eigenvalue weighted by molar-refractivity contribution is -0.131. The molecule has 0 spiro atoms. The smallest absolute Gasteiger partial charge is 0.226 e. The van der Waals surface area contributed by atoms with E-state index in [1.54, 1.807) is 12.1 Å². The van der Waals surface area contributed by atoms with Crippen LogP contribution in [0.3, 0.4) is 0 Å². The molecule has 0 bridgehead atoms. The third-order valence-corrected chi connectivity index (χ3v) is 4.37. The summed E-state index contributed by atoms with van der Waals surface area (Å²) in [6.45, 7) is 1.71. The van der Waals surface area contributed by atoms with Crippen LogP contribution in [-0.2, 0) is 9.63 Å². The second-order valence-electron chi connectivity index (χ2n) is 5.20. The molecular formula is C16H20Cl2N2O2. The van der Waals surface area contributed by atoms with Crippen LogP contribution in [0.15, 0.2) is 24.3 Å². The lowest BCUT2D eigenvalue weighted by atomic mass is 10.1. The van der Waals surface area contributed by atoms with Crippen LogP contribution in [0.4, 0.5) is 0 Å². The monoisotopic (exact) mass is 342 g/mol. The Morgan fingerprint density at radius 2 is 2.00 bits per heavy atom. The SMILES string of the molecule is CONC(=CCC(=O)N1CCCCC1)c1ccc(Cl)c(Cl)c1. The van der Waals surface area contributed by atoms with Gasteiger partial charge in [0.05, 0.1) is 22.9 Å². The number of piperidine rings is 1. The number of nitrogens with one attached hydrogen (secondary N) is 1. The van der Waals surface area contributed by atoms with Crippen molar-refractivity contribution in [3.63, 3.8) is 0 Å². The highest BCUT2D eigenvalue weighted by Gasteiger charge is 2.15. The van der Waals surface area contributed by atoms with Gasteiger partial charge in [0.1, 0.15) is 0 Å². The van der Waals surface area contributed by atoms with Crippen molar-refractivity contribution in [1.29, 1.82) is 0 Å².